The van der Waals surface area contributed by atoms with Gasteiger partial charge in [0, 0.05) is 23.7 Å². The zero-order valence-electron chi connectivity index (χ0n) is 12.8. The van der Waals surface area contributed by atoms with Crippen molar-refractivity contribution in [3.63, 3.8) is 0 Å². The summed E-state index contributed by atoms with van der Waals surface area (Å²) in [6.07, 6.45) is -8.93. The summed E-state index contributed by atoms with van der Waals surface area (Å²) in [5.74, 6) is -0.299. The van der Waals surface area contributed by atoms with Crippen LogP contribution in [0.1, 0.15) is 23.5 Å². The molecule has 3 aromatic rings. The minimum Gasteiger partial charge on any atom is -0.303 e. The number of hydrogen-bond donors (Lipinski definition) is 1. The predicted molar refractivity (Wildman–Crippen MR) is 77.3 cm³/mol. The first-order valence-corrected chi connectivity index (χ1v) is 7.21. The van der Waals surface area contributed by atoms with Crippen molar-refractivity contribution in [3.8, 4) is 5.69 Å². The number of halogens is 6. The lowest BCUT2D eigenvalue weighted by molar-refractivity contribution is -0.141. The van der Waals surface area contributed by atoms with Crippen LogP contribution in [-0.2, 0) is 12.6 Å². The Bertz CT molecular complexity index is 903. The third-order valence-electron chi connectivity index (χ3n) is 3.71. The van der Waals surface area contributed by atoms with Crippen molar-refractivity contribution in [2.45, 2.75) is 32.1 Å². The number of rotatable bonds is 3. The van der Waals surface area contributed by atoms with Gasteiger partial charge in [0.15, 0.2) is 5.69 Å². The number of alkyl halides is 6. The number of fused-ring (bicyclic) bond motifs is 1. The third kappa shape index (κ3) is 3.62. The number of aryl methyl sites for hydroxylation is 2. The lowest BCUT2D eigenvalue weighted by Crippen LogP contribution is -2.11. The Hall–Kier alpha value is -2.52. The fourth-order valence-electron chi connectivity index (χ4n) is 2.56. The van der Waals surface area contributed by atoms with Gasteiger partial charge in [0.2, 0.25) is 0 Å². The normalized spacial score (nSPS) is 12.9. The molecule has 0 fully saturated rings. The highest BCUT2D eigenvalue weighted by molar-refractivity contribution is 5.83. The van der Waals surface area contributed by atoms with E-state index in [1.165, 1.54) is 6.20 Å². The van der Waals surface area contributed by atoms with E-state index in [1.54, 1.807) is 19.1 Å². The Morgan fingerprint density at radius 2 is 1.84 bits per heavy atom. The second-order valence-corrected chi connectivity index (χ2v) is 5.62. The molecule has 2 aromatic heterocycles. The van der Waals surface area contributed by atoms with Gasteiger partial charge in [-0.2, -0.15) is 31.4 Å². The van der Waals surface area contributed by atoms with Crippen molar-refractivity contribution < 1.29 is 26.3 Å². The van der Waals surface area contributed by atoms with Crippen molar-refractivity contribution >= 4 is 10.9 Å². The molecule has 3 rings (SSSR count). The van der Waals surface area contributed by atoms with Crippen LogP contribution >= 0.6 is 0 Å². The van der Waals surface area contributed by atoms with Crippen LogP contribution < -0.4 is 0 Å². The molecule has 25 heavy (non-hydrogen) atoms. The van der Waals surface area contributed by atoms with Crippen LogP contribution in [-0.4, -0.2) is 25.9 Å². The molecular weight excluding hydrogens is 350 g/mol. The maximum atomic E-state index is 12.9. The molecule has 0 saturated carbocycles. The van der Waals surface area contributed by atoms with Crippen LogP contribution in [0.25, 0.3) is 16.6 Å². The second-order valence-electron chi connectivity index (χ2n) is 5.62. The summed E-state index contributed by atoms with van der Waals surface area (Å²) in [5, 5.41) is 7.24. The number of nitrogens with zero attached hydrogens (tertiary/aromatic N) is 3. The molecule has 1 N–H and O–H groups in total. The van der Waals surface area contributed by atoms with Gasteiger partial charge < -0.3 is 4.57 Å². The van der Waals surface area contributed by atoms with Crippen molar-refractivity contribution in [2.24, 2.45) is 0 Å². The highest BCUT2D eigenvalue weighted by atomic mass is 19.4. The molecule has 4 nitrogen and oxygen atoms in total. The Morgan fingerprint density at radius 1 is 1.12 bits per heavy atom. The maximum absolute atomic E-state index is 12.9. The van der Waals surface area contributed by atoms with Crippen molar-refractivity contribution in [3.05, 3.63) is 41.6 Å². The van der Waals surface area contributed by atoms with E-state index in [2.05, 4.69) is 15.2 Å². The largest absolute Gasteiger partial charge is 0.434 e. The fraction of sp³-hybridized carbons (Fsp3) is 0.333. The van der Waals surface area contributed by atoms with Gasteiger partial charge >= 0.3 is 12.4 Å². The Balaban J connectivity index is 2.10. The highest BCUT2D eigenvalue weighted by Gasteiger charge is 2.36. The third-order valence-corrected chi connectivity index (χ3v) is 3.71. The lowest BCUT2D eigenvalue weighted by Gasteiger charge is -2.10. The summed E-state index contributed by atoms with van der Waals surface area (Å²) in [4.78, 5) is 3.37. The number of hydrogen-bond acceptors (Lipinski definition) is 2. The topological polar surface area (TPSA) is 46.5 Å². The first-order chi connectivity index (χ1) is 11.5. The SMILES string of the molecule is Cc1cc(-n2cc(C(F)(F)F)nc2CCC(F)(F)F)cc2cn[nH]c12. The zero-order chi connectivity index (χ0) is 18.4. The molecule has 0 saturated heterocycles. The summed E-state index contributed by atoms with van der Waals surface area (Å²) < 4.78 is 77.3. The van der Waals surface area contributed by atoms with E-state index >= 15 is 0 Å². The summed E-state index contributed by atoms with van der Waals surface area (Å²) in [5.41, 5.74) is 0.479. The Labute approximate surface area is 137 Å². The van der Waals surface area contributed by atoms with Crippen LogP contribution in [0.2, 0.25) is 0 Å². The van der Waals surface area contributed by atoms with Crippen molar-refractivity contribution in [1.82, 2.24) is 19.7 Å². The van der Waals surface area contributed by atoms with E-state index in [1.807, 2.05) is 0 Å². The summed E-state index contributed by atoms with van der Waals surface area (Å²) in [6, 6.07) is 3.12. The molecule has 10 heteroatoms. The monoisotopic (exact) mass is 362 g/mol. The van der Waals surface area contributed by atoms with E-state index in [0.717, 1.165) is 4.57 Å². The summed E-state index contributed by atoms with van der Waals surface area (Å²) in [7, 11) is 0. The van der Waals surface area contributed by atoms with E-state index < -0.39 is 30.9 Å². The average Bonchev–Trinajstić information content (AvgIpc) is 3.10. The van der Waals surface area contributed by atoms with Crippen LogP contribution in [0.4, 0.5) is 26.3 Å². The number of nitrogens with one attached hydrogen (secondary N) is 1. The van der Waals surface area contributed by atoms with Crippen LogP contribution in [0.5, 0.6) is 0 Å². The highest BCUT2D eigenvalue weighted by Crippen LogP contribution is 2.31. The number of H-pyrrole nitrogens is 1. The van der Waals surface area contributed by atoms with Crippen molar-refractivity contribution in [2.75, 3.05) is 0 Å². The molecule has 134 valence electrons. The smallest absolute Gasteiger partial charge is 0.303 e. The molecule has 0 spiro atoms. The van der Waals surface area contributed by atoms with Gasteiger partial charge in [-0.25, -0.2) is 4.98 Å². The van der Waals surface area contributed by atoms with Gasteiger partial charge in [-0.1, -0.05) is 0 Å². The summed E-state index contributed by atoms with van der Waals surface area (Å²) >= 11 is 0. The van der Waals surface area contributed by atoms with Gasteiger partial charge in [-0.05, 0) is 24.6 Å². The van der Waals surface area contributed by atoms with Gasteiger partial charge in [0.25, 0.3) is 0 Å². The molecule has 0 unspecified atom stereocenters. The molecule has 0 aliphatic carbocycles. The van der Waals surface area contributed by atoms with Crippen LogP contribution in [0.15, 0.2) is 24.5 Å². The molecule has 0 radical (unpaired) electrons. The quantitative estimate of drug-likeness (QED) is 0.694. The van der Waals surface area contributed by atoms with E-state index in [-0.39, 0.29) is 5.82 Å². The standard InChI is InChI=1S/C15H12F6N4/c1-8-4-10(5-9-6-22-24-13(8)9)25-7-11(15(19,20)21)23-12(25)2-3-14(16,17)18/h4-7H,2-3H2,1H3,(H,22,24). The minimum atomic E-state index is -4.74. The first-order valence-electron chi connectivity index (χ1n) is 7.21. The molecule has 0 aliphatic heterocycles. The van der Waals surface area contributed by atoms with E-state index in [0.29, 0.717) is 28.4 Å². The van der Waals surface area contributed by atoms with Gasteiger partial charge in [0.05, 0.1) is 18.1 Å². The maximum Gasteiger partial charge on any atom is 0.434 e. The van der Waals surface area contributed by atoms with Crippen LogP contribution in [0.3, 0.4) is 0 Å². The van der Waals surface area contributed by atoms with Gasteiger partial charge in [-0.3, -0.25) is 5.10 Å². The molecule has 0 aliphatic rings. The molecular formula is C15H12F6N4. The Kier molecular flexibility index (Phi) is 4.00. The second kappa shape index (κ2) is 5.78. The summed E-state index contributed by atoms with van der Waals surface area (Å²) in [6.45, 7) is 1.72. The molecule has 2 heterocycles. The van der Waals surface area contributed by atoms with E-state index in [9.17, 15) is 26.3 Å². The average molecular weight is 362 g/mol. The van der Waals surface area contributed by atoms with Gasteiger partial charge in [0.1, 0.15) is 5.82 Å². The molecule has 0 atom stereocenters. The number of benzene rings is 1. The first kappa shape index (κ1) is 17.3. The van der Waals surface area contributed by atoms with Crippen molar-refractivity contribution in [1.29, 1.82) is 0 Å². The fourth-order valence-corrected chi connectivity index (χ4v) is 2.56. The lowest BCUT2D eigenvalue weighted by atomic mass is 10.1. The number of imidazole rings is 1. The minimum absolute atomic E-state index is 0.298. The molecule has 0 bridgehead atoms. The van der Waals surface area contributed by atoms with Gasteiger partial charge in [-0.15, -0.1) is 0 Å². The van der Waals surface area contributed by atoms with Crippen LogP contribution in [0, 0.1) is 6.92 Å². The molecule has 0 amide bonds. The number of aromatic nitrogens is 4. The zero-order valence-corrected chi connectivity index (χ0v) is 12.8. The molecule has 1 aromatic carbocycles. The number of aromatic amines is 1. The Morgan fingerprint density at radius 3 is 2.48 bits per heavy atom. The predicted octanol–water partition coefficient (Wildman–Crippen LogP) is 4.57. The van der Waals surface area contributed by atoms with E-state index in [4.69, 9.17) is 0 Å².